The van der Waals surface area contributed by atoms with Crippen LogP contribution in [0, 0.1) is 6.92 Å². The Bertz CT molecular complexity index is 710. The van der Waals surface area contributed by atoms with Crippen LogP contribution in [0.3, 0.4) is 0 Å². The second-order valence-electron chi connectivity index (χ2n) is 6.49. The molecule has 0 N–H and O–H groups in total. The molecule has 1 aromatic rings. The van der Waals surface area contributed by atoms with Crippen molar-refractivity contribution in [3.8, 4) is 5.75 Å². The fourth-order valence-corrected chi connectivity index (χ4v) is 4.31. The van der Waals surface area contributed by atoms with Crippen molar-refractivity contribution < 1.29 is 19.1 Å². The second-order valence-corrected chi connectivity index (χ2v) is 6.93. The molecule has 2 atom stereocenters. The standard InChI is InChI=1S/C17H19ClN2O4/c1-11-8-12(18)2-3-13(11)23-10-16(22)19-5-4-17-14(19)9-15(21)20(17)6-7-24-17/h2-3,8,14H,4-7,9-10H2,1H3/t14-,17+/m1/s1. The molecule has 2 amide bonds. The number of rotatable bonds is 3. The van der Waals surface area contributed by atoms with Crippen molar-refractivity contribution in [1.82, 2.24) is 9.80 Å². The average molecular weight is 351 g/mol. The second kappa shape index (κ2) is 5.63. The average Bonchev–Trinajstić information content (AvgIpc) is 3.17. The normalized spacial score (nSPS) is 28.2. The van der Waals surface area contributed by atoms with Gasteiger partial charge in [0.1, 0.15) is 5.75 Å². The predicted octanol–water partition coefficient (Wildman–Crippen LogP) is 1.59. The van der Waals surface area contributed by atoms with Crippen molar-refractivity contribution in [2.24, 2.45) is 0 Å². The number of halogens is 1. The first-order valence-electron chi connectivity index (χ1n) is 8.14. The van der Waals surface area contributed by atoms with Crippen molar-refractivity contribution in [2.75, 3.05) is 26.3 Å². The summed E-state index contributed by atoms with van der Waals surface area (Å²) in [5, 5.41) is 0.635. The van der Waals surface area contributed by atoms with Crippen LogP contribution in [-0.4, -0.2) is 59.7 Å². The van der Waals surface area contributed by atoms with E-state index in [1.54, 1.807) is 28.0 Å². The first-order valence-corrected chi connectivity index (χ1v) is 8.52. The molecule has 0 aliphatic carbocycles. The molecule has 3 aliphatic heterocycles. The monoisotopic (exact) mass is 350 g/mol. The first kappa shape index (κ1) is 15.7. The number of benzene rings is 1. The highest BCUT2D eigenvalue weighted by atomic mass is 35.5. The molecular formula is C17H19ClN2O4. The van der Waals surface area contributed by atoms with Crippen LogP contribution in [0.25, 0.3) is 0 Å². The van der Waals surface area contributed by atoms with Crippen LogP contribution in [0.1, 0.15) is 18.4 Å². The molecule has 3 heterocycles. The van der Waals surface area contributed by atoms with Crippen LogP contribution in [0.4, 0.5) is 0 Å². The van der Waals surface area contributed by atoms with Crippen LogP contribution in [0.15, 0.2) is 18.2 Å². The Morgan fingerprint density at radius 2 is 2.29 bits per heavy atom. The van der Waals surface area contributed by atoms with Crippen molar-refractivity contribution in [1.29, 1.82) is 0 Å². The maximum Gasteiger partial charge on any atom is 0.260 e. The summed E-state index contributed by atoms with van der Waals surface area (Å²) in [6, 6.07) is 5.10. The highest BCUT2D eigenvalue weighted by Gasteiger charge is 2.62. The molecule has 1 aromatic carbocycles. The molecule has 0 bridgehead atoms. The van der Waals surface area contributed by atoms with Crippen molar-refractivity contribution in [3.63, 3.8) is 0 Å². The van der Waals surface area contributed by atoms with Crippen LogP contribution < -0.4 is 4.74 Å². The Hall–Kier alpha value is -1.79. The van der Waals surface area contributed by atoms with Gasteiger partial charge in [-0.25, -0.2) is 0 Å². The number of likely N-dealkylation sites (tertiary alicyclic amines) is 1. The van der Waals surface area contributed by atoms with Gasteiger partial charge in [-0.1, -0.05) is 11.6 Å². The van der Waals surface area contributed by atoms with Gasteiger partial charge in [-0.3, -0.25) is 9.59 Å². The van der Waals surface area contributed by atoms with Crippen LogP contribution in [-0.2, 0) is 14.3 Å². The van der Waals surface area contributed by atoms with E-state index >= 15 is 0 Å². The molecule has 6 nitrogen and oxygen atoms in total. The van der Waals surface area contributed by atoms with E-state index in [0.29, 0.717) is 43.3 Å². The maximum atomic E-state index is 12.6. The summed E-state index contributed by atoms with van der Waals surface area (Å²) < 4.78 is 11.6. The van der Waals surface area contributed by atoms with E-state index in [4.69, 9.17) is 21.1 Å². The molecule has 0 radical (unpaired) electrons. The Morgan fingerprint density at radius 1 is 1.46 bits per heavy atom. The molecule has 128 valence electrons. The summed E-state index contributed by atoms with van der Waals surface area (Å²) >= 11 is 5.93. The lowest BCUT2D eigenvalue weighted by molar-refractivity contribution is -0.140. The summed E-state index contributed by atoms with van der Waals surface area (Å²) in [5.41, 5.74) is 0.290. The number of ether oxygens (including phenoxy) is 2. The van der Waals surface area contributed by atoms with Crippen LogP contribution in [0.2, 0.25) is 5.02 Å². The summed E-state index contributed by atoms with van der Waals surface area (Å²) in [6.07, 6.45) is 1.01. The molecular weight excluding hydrogens is 332 g/mol. The topological polar surface area (TPSA) is 59.1 Å². The van der Waals surface area contributed by atoms with E-state index in [2.05, 4.69) is 0 Å². The molecule has 0 unspecified atom stereocenters. The minimum atomic E-state index is -0.594. The van der Waals surface area contributed by atoms with Crippen molar-refractivity contribution >= 4 is 23.4 Å². The lowest BCUT2D eigenvalue weighted by atomic mass is 10.1. The van der Waals surface area contributed by atoms with E-state index < -0.39 is 5.72 Å². The SMILES string of the molecule is Cc1cc(Cl)ccc1OCC(=O)N1CC[C@@]23OCCN2C(=O)C[C@@H]13. The summed E-state index contributed by atoms with van der Waals surface area (Å²) in [5.74, 6) is 0.601. The zero-order valence-electron chi connectivity index (χ0n) is 13.5. The number of nitrogens with zero attached hydrogens (tertiary/aromatic N) is 2. The number of aryl methyl sites for hydroxylation is 1. The number of hydrogen-bond donors (Lipinski definition) is 0. The zero-order chi connectivity index (χ0) is 16.9. The number of hydrogen-bond acceptors (Lipinski definition) is 4. The van der Waals surface area contributed by atoms with Gasteiger partial charge in [-0.15, -0.1) is 0 Å². The summed E-state index contributed by atoms with van der Waals surface area (Å²) in [6.45, 7) is 3.60. The smallest absolute Gasteiger partial charge is 0.260 e. The van der Waals surface area contributed by atoms with Crippen molar-refractivity contribution in [2.45, 2.75) is 31.5 Å². The van der Waals surface area contributed by atoms with Gasteiger partial charge in [0.15, 0.2) is 12.3 Å². The van der Waals surface area contributed by atoms with Gasteiger partial charge in [0.05, 0.1) is 19.1 Å². The van der Waals surface area contributed by atoms with E-state index in [0.717, 1.165) is 5.56 Å². The maximum absolute atomic E-state index is 12.6. The molecule has 4 rings (SSSR count). The summed E-state index contributed by atoms with van der Waals surface area (Å²) in [7, 11) is 0. The van der Waals surface area contributed by atoms with Gasteiger partial charge >= 0.3 is 0 Å². The number of carbonyl (C=O) groups excluding carboxylic acids is 2. The van der Waals surface area contributed by atoms with Gasteiger partial charge < -0.3 is 19.3 Å². The van der Waals surface area contributed by atoms with Crippen molar-refractivity contribution in [3.05, 3.63) is 28.8 Å². The number of carbonyl (C=O) groups is 2. The number of amides is 2. The summed E-state index contributed by atoms with van der Waals surface area (Å²) in [4.78, 5) is 28.3. The minimum Gasteiger partial charge on any atom is -0.483 e. The minimum absolute atomic E-state index is 0.0523. The van der Waals surface area contributed by atoms with Gasteiger partial charge in [-0.05, 0) is 30.7 Å². The van der Waals surface area contributed by atoms with Gasteiger partial charge in [-0.2, -0.15) is 0 Å². The molecule has 24 heavy (non-hydrogen) atoms. The first-order chi connectivity index (χ1) is 11.5. The lowest BCUT2D eigenvalue weighted by Crippen LogP contribution is -2.49. The third kappa shape index (κ3) is 2.28. The van der Waals surface area contributed by atoms with E-state index in [-0.39, 0.29) is 24.5 Å². The fraction of sp³-hybridized carbons (Fsp3) is 0.529. The molecule has 7 heteroatoms. The molecule has 0 saturated carbocycles. The highest BCUT2D eigenvalue weighted by Crippen LogP contribution is 2.45. The fourth-order valence-electron chi connectivity index (χ4n) is 4.09. The molecule has 1 spiro atoms. The largest absolute Gasteiger partial charge is 0.483 e. The third-order valence-corrected chi connectivity index (χ3v) is 5.44. The quantitative estimate of drug-likeness (QED) is 0.830. The molecule has 3 fully saturated rings. The van der Waals surface area contributed by atoms with Crippen LogP contribution in [0.5, 0.6) is 5.75 Å². The van der Waals surface area contributed by atoms with Gasteiger partial charge in [0, 0.05) is 24.5 Å². The van der Waals surface area contributed by atoms with E-state index in [9.17, 15) is 9.59 Å². The Labute approximate surface area is 145 Å². The molecule has 3 aliphatic rings. The van der Waals surface area contributed by atoms with Gasteiger partial charge in [0.2, 0.25) is 5.91 Å². The Balaban J connectivity index is 1.45. The highest BCUT2D eigenvalue weighted by molar-refractivity contribution is 6.30. The Kier molecular flexibility index (Phi) is 3.69. The van der Waals surface area contributed by atoms with Crippen LogP contribution >= 0.6 is 11.6 Å². The Morgan fingerprint density at radius 3 is 3.08 bits per heavy atom. The molecule has 0 aromatic heterocycles. The van der Waals surface area contributed by atoms with Gasteiger partial charge in [0.25, 0.3) is 5.91 Å². The lowest BCUT2D eigenvalue weighted by Gasteiger charge is -2.31. The van der Waals surface area contributed by atoms with E-state index in [1.807, 2.05) is 6.92 Å². The third-order valence-electron chi connectivity index (χ3n) is 5.21. The predicted molar refractivity (Wildman–Crippen MR) is 86.8 cm³/mol. The molecule has 3 saturated heterocycles. The zero-order valence-corrected chi connectivity index (χ0v) is 14.2. The van der Waals surface area contributed by atoms with E-state index in [1.165, 1.54) is 0 Å².